The highest BCUT2D eigenvalue weighted by Crippen LogP contribution is 2.40. The molecule has 1 unspecified atom stereocenters. The number of nitrogens with two attached hydrogens (primary N) is 1. The number of aliphatic hydroxyl groups excluding tert-OH is 1. The molecule has 14 nitrogen and oxygen atoms in total. The van der Waals surface area contributed by atoms with Crippen LogP contribution in [0.25, 0.3) is 5.52 Å². The van der Waals surface area contributed by atoms with E-state index in [2.05, 4.69) is 19.8 Å². The maximum atomic E-state index is 13.1. The Morgan fingerprint density at radius 1 is 1.42 bits per heavy atom. The first-order chi connectivity index (χ1) is 18.2. The molecule has 0 aromatic carbocycles. The number of rotatable bonds is 8. The number of nitrogens with one attached hydrogen (secondary N) is 1. The lowest BCUT2D eigenvalue weighted by molar-refractivity contribution is -0.688. The number of aliphatic hydroxyl groups is 1. The average Bonchev–Trinajstić information content (AvgIpc) is 3.51. The van der Waals surface area contributed by atoms with Crippen LogP contribution < -0.4 is 15.6 Å². The second-order valence-electron chi connectivity index (χ2n) is 8.53. The summed E-state index contributed by atoms with van der Waals surface area (Å²) in [6.45, 7) is 1.93. The van der Waals surface area contributed by atoms with Crippen molar-refractivity contribution in [3.63, 3.8) is 0 Å². The Morgan fingerprint density at radius 2 is 2.21 bits per heavy atom. The van der Waals surface area contributed by atoms with E-state index in [1.165, 1.54) is 23.8 Å². The first-order valence-corrected chi connectivity index (χ1v) is 13.1. The number of carboxylic acid groups (broad SMARTS) is 1. The Kier molecular flexibility index (Phi) is 6.77. The Balaban J connectivity index is 1.35. The van der Waals surface area contributed by atoms with E-state index < -0.39 is 35.3 Å². The number of amides is 2. The molecule has 1 saturated heterocycles. The number of carboxylic acids is 1. The summed E-state index contributed by atoms with van der Waals surface area (Å²) < 4.78 is 7.63. The number of nitrogen functional groups attached to an aromatic ring is 1. The number of anilines is 1. The molecule has 0 spiro atoms. The zero-order chi connectivity index (χ0) is 27.1. The Bertz CT molecular complexity index is 1510. The number of aromatic nitrogens is 4. The molecule has 5 rings (SSSR count). The van der Waals surface area contributed by atoms with Crippen LogP contribution in [0.4, 0.5) is 5.13 Å². The first kappa shape index (κ1) is 25.6. The molecule has 1 fully saturated rings. The van der Waals surface area contributed by atoms with Crippen LogP contribution in [0.15, 0.2) is 47.1 Å². The number of aliphatic carboxylic acids is 1. The van der Waals surface area contributed by atoms with E-state index >= 15 is 0 Å². The fourth-order valence-electron chi connectivity index (χ4n) is 4.40. The summed E-state index contributed by atoms with van der Waals surface area (Å²) in [5, 5.41) is 25.7. The molecule has 0 saturated carbocycles. The van der Waals surface area contributed by atoms with Gasteiger partial charge >= 0.3 is 5.97 Å². The van der Waals surface area contributed by atoms with E-state index in [4.69, 9.17) is 10.6 Å². The quantitative estimate of drug-likeness (QED) is 0.121. The van der Waals surface area contributed by atoms with Crippen LogP contribution in [-0.4, -0.2) is 76.6 Å². The number of carbonyl (C=O) groups is 3. The Morgan fingerprint density at radius 3 is 2.87 bits per heavy atom. The van der Waals surface area contributed by atoms with Crippen LogP contribution in [0.2, 0.25) is 0 Å². The number of hydrogen-bond acceptors (Lipinski definition) is 11. The van der Waals surface area contributed by atoms with Gasteiger partial charge in [0.2, 0.25) is 11.5 Å². The van der Waals surface area contributed by atoms with Crippen molar-refractivity contribution < 1.29 is 34.0 Å². The van der Waals surface area contributed by atoms with E-state index in [0.717, 1.165) is 22.7 Å². The standard InChI is InChI=1S/C22H22N8O6S2/c1-10(31)13-4-3-12-8-28(5-6-29(12)13)7-11-9-37-20-15(19(33)30(20)16(11)21(34)35)24-18(32)14(26-36-2)17-25-22(23)38-27-17/h3-6,8,10,15,20,31H,7,9H2,1-2H3,(H3-,23,24,25,27,32,34,35)/p+1/b26-14-/t10?,15-,20+/m1/s1. The minimum Gasteiger partial charge on any atom is -0.477 e. The van der Waals surface area contributed by atoms with E-state index in [0.29, 0.717) is 11.3 Å². The smallest absolute Gasteiger partial charge is 0.352 e. The third kappa shape index (κ3) is 4.46. The molecule has 3 aromatic heterocycles. The number of nitrogens with zero attached hydrogens (tertiary/aromatic N) is 6. The zero-order valence-electron chi connectivity index (χ0n) is 20.1. The summed E-state index contributed by atoms with van der Waals surface area (Å²) in [6, 6.07) is 2.72. The summed E-state index contributed by atoms with van der Waals surface area (Å²) in [5.41, 5.74) is 7.36. The van der Waals surface area contributed by atoms with Crippen LogP contribution in [0.1, 0.15) is 24.5 Å². The normalized spacial score (nSPS) is 20.2. The molecular formula is C22H23N8O6S2+. The number of thioether (sulfide) groups is 1. The van der Waals surface area contributed by atoms with E-state index in [-0.39, 0.29) is 28.9 Å². The van der Waals surface area contributed by atoms with Crippen molar-refractivity contribution in [1.82, 2.24) is 24.0 Å². The molecule has 16 heteroatoms. The predicted octanol–water partition coefficient (Wildman–Crippen LogP) is -0.497. The van der Waals surface area contributed by atoms with Gasteiger partial charge in [0.15, 0.2) is 24.1 Å². The molecule has 38 heavy (non-hydrogen) atoms. The maximum Gasteiger partial charge on any atom is 0.352 e. The summed E-state index contributed by atoms with van der Waals surface area (Å²) >= 11 is 2.22. The van der Waals surface area contributed by atoms with Crippen molar-refractivity contribution in [3.8, 4) is 0 Å². The number of fused-ring (bicyclic) bond motifs is 2. The van der Waals surface area contributed by atoms with Crippen molar-refractivity contribution in [3.05, 3.63) is 53.5 Å². The van der Waals surface area contributed by atoms with Crippen molar-refractivity contribution >= 4 is 57.4 Å². The second-order valence-corrected chi connectivity index (χ2v) is 10.4. The van der Waals surface area contributed by atoms with Gasteiger partial charge in [-0.1, -0.05) is 5.16 Å². The number of β-lactam (4-membered cyclic amide) rings is 1. The third-order valence-corrected chi connectivity index (χ3v) is 7.96. The summed E-state index contributed by atoms with van der Waals surface area (Å²) in [4.78, 5) is 48.0. The molecule has 3 atom stereocenters. The minimum absolute atomic E-state index is 0.0438. The summed E-state index contributed by atoms with van der Waals surface area (Å²) in [7, 11) is 1.25. The highest BCUT2D eigenvalue weighted by Gasteiger charge is 2.54. The van der Waals surface area contributed by atoms with Gasteiger partial charge in [0.05, 0.1) is 18.0 Å². The fourth-order valence-corrected chi connectivity index (χ4v) is 6.17. The van der Waals surface area contributed by atoms with Gasteiger partial charge in [-0.25, -0.2) is 4.79 Å². The molecule has 5 N–H and O–H groups in total. The van der Waals surface area contributed by atoms with Gasteiger partial charge in [-0.2, -0.15) is 13.9 Å². The lowest BCUT2D eigenvalue weighted by Gasteiger charge is -2.49. The largest absolute Gasteiger partial charge is 0.477 e. The highest BCUT2D eigenvalue weighted by atomic mass is 32.2. The number of oxime groups is 1. The lowest BCUT2D eigenvalue weighted by Crippen LogP contribution is -2.71. The van der Waals surface area contributed by atoms with Gasteiger partial charge in [0, 0.05) is 22.9 Å². The maximum absolute atomic E-state index is 13.1. The van der Waals surface area contributed by atoms with E-state index in [1.54, 1.807) is 19.3 Å². The molecule has 198 valence electrons. The monoisotopic (exact) mass is 559 g/mol. The molecule has 2 aliphatic heterocycles. The van der Waals surface area contributed by atoms with Crippen molar-refractivity contribution in [2.24, 2.45) is 5.16 Å². The van der Waals surface area contributed by atoms with Crippen molar-refractivity contribution in [2.75, 3.05) is 18.6 Å². The predicted molar refractivity (Wildman–Crippen MR) is 136 cm³/mol. The summed E-state index contributed by atoms with van der Waals surface area (Å²) in [6.07, 6.45) is 4.77. The van der Waals surface area contributed by atoms with Crippen molar-refractivity contribution in [2.45, 2.75) is 31.0 Å². The fraction of sp³-hybridized carbons (Fsp3) is 0.318. The van der Waals surface area contributed by atoms with Gasteiger partial charge in [-0.05, 0) is 19.1 Å². The second kappa shape index (κ2) is 10.0. The average molecular weight is 560 g/mol. The van der Waals surface area contributed by atoms with E-state index in [1.807, 2.05) is 27.3 Å². The van der Waals surface area contributed by atoms with Crippen molar-refractivity contribution in [1.29, 1.82) is 0 Å². The first-order valence-electron chi connectivity index (χ1n) is 11.3. The highest BCUT2D eigenvalue weighted by molar-refractivity contribution is 8.00. The molecule has 2 amide bonds. The van der Waals surface area contributed by atoms with Crippen LogP contribution in [0.5, 0.6) is 0 Å². The summed E-state index contributed by atoms with van der Waals surface area (Å²) in [5.74, 6) is -2.24. The van der Waals surface area contributed by atoms with Crippen LogP contribution in [0.3, 0.4) is 0 Å². The van der Waals surface area contributed by atoms with Gasteiger partial charge in [-0.3, -0.25) is 14.5 Å². The minimum atomic E-state index is -1.23. The SMILES string of the molecule is CO/N=C(\C(=O)N[C@@H]1C(=O)N2C(C(=O)O)=C(C[n+]3ccn4c(C(C)O)ccc4c3)CS[C@@H]12)c1nsc(N)n1. The molecule has 0 radical (unpaired) electrons. The number of hydrogen-bond donors (Lipinski definition) is 4. The molecule has 3 aromatic rings. The van der Waals surface area contributed by atoms with Crippen LogP contribution in [-0.2, 0) is 25.8 Å². The van der Waals surface area contributed by atoms with Gasteiger partial charge in [-0.15, -0.1) is 11.8 Å². The molecular weight excluding hydrogens is 536 g/mol. The molecule has 0 aliphatic carbocycles. The Labute approximate surface area is 223 Å². The van der Waals surface area contributed by atoms with Gasteiger partial charge in [0.1, 0.15) is 29.7 Å². The molecule has 2 aliphatic rings. The van der Waals surface area contributed by atoms with E-state index in [9.17, 15) is 24.6 Å². The third-order valence-electron chi connectivity index (χ3n) is 6.08. The number of carbonyl (C=O) groups excluding carboxylic acids is 2. The zero-order valence-corrected chi connectivity index (χ0v) is 21.8. The van der Waals surface area contributed by atoms with Crippen LogP contribution in [0, 0.1) is 0 Å². The van der Waals surface area contributed by atoms with Gasteiger partial charge in [0.25, 0.3) is 11.8 Å². The topological polar surface area (TPSA) is 189 Å². The molecule has 0 bridgehead atoms. The van der Waals surface area contributed by atoms with Crippen LogP contribution >= 0.6 is 23.3 Å². The van der Waals surface area contributed by atoms with Gasteiger partial charge < -0.3 is 30.5 Å². The Hall–Kier alpha value is -4.02. The lowest BCUT2D eigenvalue weighted by atomic mass is 10.0. The molecule has 5 heterocycles.